The van der Waals surface area contributed by atoms with Gasteiger partial charge in [0.25, 0.3) is 0 Å². The molecule has 0 aliphatic carbocycles. The number of carbonyl (C=O) groups is 1. The zero-order valence-corrected chi connectivity index (χ0v) is 11.8. The zero-order chi connectivity index (χ0) is 14.4. The van der Waals surface area contributed by atoms with E-state index in [1.165, 1.54) is 7.11 Å². The van der Waals surface area contributed by atoms with Gasteiger partial charge in [-0.05, 0) is 18.5 Å². The molecule has 2 rings (SSSR count). The standard InChI is InChI=1S/C16H19NO3/c1-17-14(16(18)19-2)10-11-20-15-9-5-7-12-6-3-4-8-13(12)15/h3-9,14,17H,10-11H2,1-2H3. The number of methoxy groups -OCH3 is 1. The summed E-state index contributed by atoms with van der Waals surface area (Å²) in [7, 11) is 3.12. The SMILES string of the molecule is CNC(CCOc1cccc2ccccc12)C(=O)OC. The van der Waals surface area contributed by atoms with Gasteiger partial charge in [-0.2, -0.15) is 0 Å². The molecule has 0 saturated carbocycles. The number of ether oxygens (including phenoxy) is 2. The van der Waals surface area contributed by atoms with Gasteiger partial charge in [0.1, 0.15) is 11.8 Å². The van der Waals surface area contributed by atoms with Crippen LogP contribution in [0.3, 0.4) is 0 Å². The first kappa shape index (κ1) is 14.3. The Morgan fingerprint density at radius 1 is 1.20 bits per heavy atom. The van der Waals surface area contributed by atoms with Crippen molar-refractivity contribution in [3.05, 3.63) is 42.5 Å². The van der Waals surface area contributed by atoms with E-state index in [0.717, 1.165) is 16.5 Å². The van der Waals surface area contributed by atoms with Gasteiger partial charge < -0.3 is 14.8 Å². The van der Waals surface area contributed by atoms with Gasteiger partial charge >= 0.3 is 5.97 Å². The summed E-state index contributed by atoms with van der Waals surface area (Å²) < 4.78 is 10.5. The highest BCUT2D eigenvalue weighted by Crippen LogP contribution is 2.25. The second-order valence-electron chi connectivity index (χ2n) is 4.48. The molecule has 0 amide bonds. The Morgan fingerprint density at radius 3 is 2.70 bits per heavy atom. The van der Waals surface area contributed by atoms with Gasteiger partial charge in [-0.25, -0.2) is 0 Å². The quantitative estimate of drug-likeness (QED) is 0.821. The van der Waals surface area contributed by atoms with Crippen LogP contribution in [0.1, 0.15) is 6.42 Å². The molecule has 0 aromatic heterocycles. The minimum atomic E-state index is -0.338. The van der Waals surface area contributed by atoms with Gasteiger partial charge in [-0.3, -0.25) is 4.79 Å². The van der Waals surface area contributed by atoms with E-state index in [4.69, 9.17) is 9.47 Å². The number of benzene rings is 2. The molecule has 20 heavy (non-hydrogen) atoms. The predicted octanol–water partition coefficient (Wildman–Crippen LogP) is 2.37. The lowest BCUT2D eigenvalue weighted by atomic mass is 10.1. The minimum absolute atomic E-state index is 0.269. The molecule has 0 radical (unpaired) electrons. The number of rotatable bonds is 6. The fourth-order valence-electron chi connectivity index (χ4n) is 2.13. The highest BCUT2D eigenvalue weighted by Gasteiger charge is 2.16. The average Bonchev–Trinajstić information content (AvgIpc) is 2.51. The maximum absolute atomic E-state index is 11.5. The van der Waals surface area contributed by atoms with Crippen molar-refractivity contribution in [1.29, 1.82) is 0 Å². The average molecular weight is 273 g/mol. The molecule has 0 fully saturated rings. The first-order chi connectivity index (χ1) is 9.76. The first-order valence-electron chi connectivity index (χ1n) is 6.62. The number of fused-ring (bicyclic) bond motifs is 1. The van der Waals surface area contributed by atoms with Crippen LogP contribution in [0, 0.1) is 0 Å². The fraction of sp³-hybridized carbons (Fsp3) is 0.312. The van der Waals surface area contributed by atoms with Crippen LogP contribution >= 0.6 is 0 Å². The third kappa shape index (κ3) is 3.27. The van der Waals surface area contributed by atoms with Crippen LogP contribution in [-0.2, 0) is 9.53 Å². The van der Waals surface area contributed by atoms with Gasteiger partial charge in [0.15, 0.2) is 0 Å². The van der Waals surface area contributed by atoms with Crippen molar-refractivity contribution in [3.63, 3.8) is 0 Å². The highest BCUT2D eigenvalue weighted by atomic mass is 16.5. The number of nitrogens with one attached hydrogen (secondary N) is 1. The van der Waals surface area contributed by atoms with E-state index in [1.807, 2.05) is 42.5 Å². The second-order valence-corrected chi connectivity index (χ2v) is 4.48. The molecule has 2 aromatic carbocycles. The molecule has 1 N–H and O–H groups in total. The van der Waals surface area contributed by atoms with Gasteiger partial charge in [0.2, 0.25) is 0 Å². The van der Waals surface area contributed by atoms with Crippen LogP contribution in [0.5, 0.6) is 5.75 Å². The predicted molar refractivity (Wildman–Crippen MR) is 78.9 cm³/mol. The van der Waals surface area contributed by atoms with E-state index in [-0.39, 0.29) is 12.0 Å². The lowest BCUT2D eigenvalue weighted by Crippen LogP contribution is -2.36. The van der Waals surface area contributed by atoms with E-state index in [0.29, 0.717) is 13.0 Å². The van der Waals surface area contributed by atoms with Crippen molar-refractivity contribution in [3.8, 4) is 5.75 Å². The Bertz CT molecular complexity index is 577. The molecule has 0 heterocycles. The van der Waals surface area contributed by atoms with Crippen molar-refractivity contribution in [2.24, 2.45) is 0 Å². The van der Waals surface area contributed by atoms with Crippen molar-refractivity contribution in [1.82, 2.24) is 5.32 Å². The van der Waals surface area contributed by atoms with Crippen molar-refractivity contribution >= 4 is 16.7 Å². The van der Waals surface area contributed by atoms with Crippen LogP contribution in [0.2, 0.25) is 0 Å². The van der Waals surface area contributed by atoms with Crippen LogP contribution < -0.4 is 10.1 Å². The number of likely N-dealkylation sites (N-methyl/N-ethyl adjacent to an activating group) is 1. The number of hydrogen-bond acceptors (Lipinski definition) is 4. The van der Waals surface area contributed by atoms with E-state index in [1.54, 1.807) is 7.05 Å². The third-order valence-electron chi connectivity index (χ3n) is 3.25. The molecule has 0 bridgehead atoms. The Hall–Kier alpha value is -2.07. The van der Waals surface area contributed by atoms with E-state index < -0.39 is 0 Å². The molecular weight excluding hydrogens is 254 g/mol. The number of carbonyl (C=O) groups excluding carboxylic acids is 1. The van der Waals surface area contributed by atoms with E-state index in [9.17, 15) is 4.79 Å². The summed E-state index contributed by atoms with van der Waals surface area (Å²) >= 11 is 0. The normalized spacial score (nSPS) is 12.1. The van der Waals surface area contributed by atoms with Crippen LogP contribution in [-0.4, -0.2) is 32.8 Å². The summed E-state index contributed by atoms with van der Waals surface area (Å²) in [6, 6.07) is 13.7. The Labute approximate surface area is 118 Å². The Morgan fingerprint density at radius 2 is 1.95 bits per heavy atom. The summed E-state index contributed by atoms with van der Waals surface area (Å²) in [5.41, 5.74) is 0. The van der Waals surface area contributed by atoms with Crippen molar-refractivity contribution in [2.45, 2.75) is 12.5 Å². The molecule has 0 aliphatic rings. The van der Waals surface area contributed by atoms with Crippen molar-refractivity contribution < 1.29 is 14.3 Å². The molecule has 1 atom stereocenters. The minimum Gasteiger partial charge on any atom is -0.493 e. The molecule has 0 saturated heterocycles. The summed E-state index contributed by atoms with van der Waals surface area (Å²) in [5.74, 6) is 0.567. The topological polar surface area (TPSA) is 47.6 Å². The van der Waals surface area contributed by atoms with Gasteiger partial charge in [0.05, 0.1) is 13.7 Å². The van der Waals surface area contributed by atoms with Gasteiger partial charge in [-0.15, -0.1) is 0 Å². The highest BCUT2D eigenvalue weighted by molar-refractivity contribution is 5.88. The fourth-order valence-corrected chi connectivity index (χ4v) is 2.13. The second kappa shape index (κ2) is 6.91. The molecular formula is C16H19NO3. The summed E-state index contributed by atoms with van der Waals surface area (Å²) in [4.78, 5) is 11.5. The summed E-state index contributed by atoms with van der Waals surface area (Å²) in [6.45, 7) is 0.453. The first-order valence-corrected chi connectivity index (χ1v) is 6.62. The van der Waals surface area contributed by atoms with Gasteiger partial charge in [-0.1, -0.05) is 36.4 Å². The lowest BCUT2D eigenvalue weighted by Gasteiger charge is -2.14. The molecule has 0 spiro atoms. The number of esters is 1. The smallest absolute Gasteiger partial charge is 0.322 e. The number of hydrogen-bond donors (Lipinski definition) is 1. The maximum Gasteiger partial charge on any atom is 0.322 e. The van der Waals surface area contributed by atoms with E-state index in [2.05, 4.69) is 5.32 Å². The van der Waals surface area contributed by atoms with Crippen LogP contribution in [0.4, 0.5) is 0 Å². The molecule has 4 heteroatoms. The molecule has 1 unspecified atom stereocenters. The van der Waals surface area contributed by atoms with Crippen molar-refractivity contribution in [2.75, 3.05) is 20.8 Å². The molecule has 4 nitrogen and oxygen atoms in total. The van der Waals surface area contributed by atoms with Gasteiger partial charge in [0, 0.05) is 11.8 Å². The molecule has 0 aliphatic heterocycles. The molecule has 2 aromatic rings. The van der Waals surface area contributed by atoms with E-state index >= 15 is 0 Å². The van der Waals surface area contributed by atoms with Crippen LogP contribution in [0.25, 0.3) is 10.8 Å². The van der Waals surface area contributed by atoms with Crippen LogP contribution in [0.15, 0.2) is 42.5 Å². The maximum atomic E-state index is 11.5. The largest absolute Gasteiger partial charge is 0.493 e. The zero-order valence-electron chi connectivity index (χ0n) is 11.8. The summed E-state index contributed by atoms with van der Waals surface area (Å²) in [5, 5.41) is 5.14. The Balaban J connectivity index is 2.01. The monoisotopic (exact) mass is 273 g/mol. The molecule has 106 valence electrons. The lowest BCUT2D eigenvalue weighted by molar-refractivity contribution is -0.143. The third-order valence-corrected chi connectivity index (χ3v) is 3.25. The Kier molecular flexibility index (Phi) is 4.96. The summed E-state index contributed by atoms with van der Waals surface area (Å²) in [6.07, 6.45) is 0.562.